The lowest BCUT2D eigenvalue weighted by molar-refractivity contribution is -0.169. The third-order valence-corrected chi connectivity index (χ3v) is 1.51. The van der Waals surface area contributed by atoms with Crippen LogP contribution in [0.25, 0.3) is 0 Å². The molecule has 0 amide bonds. The fourth-order valence-corrected chi connectivity index (χ4v) is 0.782. The quantitative estimate of drug-likeness (QED) is 0.539. The van der Waals surface area contributed by atoms with Crippen molar-refractivity contribution in [2.75, 3.05) is 13.2 Å². The van der Waals surface area contributed by atoms with E-state index in [1.165, 1.54) is 0 Å². The number of hydrogen-bond donors (Lipinski definition) is 2. The predicted octanol–water partition coefficient (Wildman–Crippen LogP) is 1.77. The first kappa shape index (κ1) is 13.2. The van der Waals surface area contributed by atoms with Crippen LogP contribution >= 0.6 is 0 Å². The Kier molecular flexibility index (Phi) is 4.90. The van der Waals surface area contributed by atoms with Gasteiger partial charge in [-0.15, -0.1) is 0 Å². The normalized spacial score (nSPS) is 14.4. The second kappa shape index (κ2) is 5.19. The highest BCUT2D eigenvalue weighted by Crippen LogP contribution is 2.26. The lowest BCUT2D eigenvalue weighted by Gasteiger charge is -2.19. The molecule has 0 aromatic heterocycles. The van der Waals surface area contributed by atoms with Gasteiger partial charge in [0.15, 0.2) is 0 Å². The SMILES string of the molecule is CC(C)COCC(C(=N)N)C(F)(F)F. The van der Waals surface area contributed by atoms with Crippen molar-refractivity contribution in [3.63, 3.8) is 0 Å². The van der Waals surface area contributed by atoms with Crippen LogP contribution in [-0.2, 0) is 4.74 Å². The molecule has 0 bridgehead atoms. The number of amidine groups is 1. The van der Waals surface area contributed by atoms with Gasteiger partial charge in [-0.05, 0) is 5.92 Å². The van der Waals surface area contributed by atoms with Gasteiger partial charge in [0.05, 0.1) is 6.61 Å². The molecule has 3 nitrogen and oxygen atoms in total. The molecular weight excluding hydrogens is 197 g/mol. The van der Waals surface area contributed by atoms with Crippen molar-refractivity contribution in [2.45, 2.75) is 20.0 Å². The largest absolute Gasteiger partial charge is 0.400 e. The average molecular weight is 212 g/mol. The van der Waals surface area contributed by atoms with Crippen molar-refractivity contribution in [3.05, 3.63) is 0 Å². The van der Waals surface area contributed by atoms with Gasteiger partial charge in [0.25, 0.3) is 0 Å². The summed E-state index contributed by atoms with van der Waals surface area (Å²) in [4.78, 5) is 0. The minimum absolute atomic E-state index is 0.163. The molecule has 1 unspecified atom stereocenters. The fraction of sp³-hybridized carbons (Fsp3) is 0.875. The molecule has 0 fully saturated rings. The number of halogens is 3. The first-order valence-electron chi connectivity index (χ1n) is 4.23. The van der Waals surface area contributed by atoms with E-state index in [2.05, 4.69) is 0 Å². The van der Waals surface area contributed by atoms with Gasteiger partial charge >= 0.3 is 6.18 Å². The van der Waals surface area contributed by atoms with Crippen LogP contribution in [0, 0.1) is 17.2 Å². The summed E-state index contributed by atoms with van der Waals surface area (Å²) >= 11 is 0. The van der Waals surface area contributed by atoms with Gasteiger partial charge in [-0.25, -0.2) is 0 Å². The van der Waals surface area contributed by atoms with Crippen LogP contribution in [0.15, 0.2) is 0 Å². The Hall–Kier alpha value is -0.780. The summed E-state index contributed by atoms with van der Waals surface area (Å²) in [6.07, 6.45) is -4.50. The van der Waals surface area contributed by atoms with Gasteiger partial charge in [0, 0.05) is 6.61 Å². The highest BCUT2D eigenvalue weighted by molar-refractivity contribution is 5.80. The second-order valence-corrected chi connectivity index (χ2v) is 3.48. The number of ether oxygens (including phenoxy) is 1. The zero-order chi connectivity index (χ0) is 11.4. The molecule has 0 heterocycles. The van der Waals surface area contributed by atoms with Crippen molar-refractivity contribution in [2.24, 2.45) is 17.6 Å². The zero-order valence-corrected chi connectivity index (χ0v) is 8.19. The topological polar surface area (TPSA) is 59.1 Å². The third-order valence-electron chi connectivity index (χ3n) is 1.51. The smallest absolute Gasteiger partial charge is 0.387 e. The zero-order valence-electron chi connectivity index (χ0n) is 8.19. The molecule has 84 valence electrons. The molecule has 0 saturated heterocycles. The van der Waals surface area contributed by atoms with E-state index >= 15 is 0 Å². The van der Waals surface area contributed by atoms with Crippen molar-refractivity contribution in [1.29, 1.82) is 5.41 Å². The Labute approximate surface area is 80.9 Å². The van der Waals surface area contributed by atoms with Crippen LogP contribution in [0.1, 0.15) is 13.8 Å². The first-order chi connectivity index (χ1) is 6.25. The van der Waals surface area contributed by atoms with Gasteiger partial charge in [-0.1, -0.05) is 13.8 Å². The van der Waals surface area contributed by atoms with Gasteiger partial charge in [-0.3, -0.25) is 5.41 Å². The minimum atomic E-state index is -4.50. The molecule has 6 heteroatoms. The average Bonchev–Trinajstić information content (AvgIpc) is 1.94. The Balaban J connectivity index is 4.07. The summed E-state index contributed by atoms with van der Waals surface area (Å²) in [6.45, 7) is 3.32. The van der Waals surface area contributed by atoms with E-state index < -0.39 is 24.5 Å². The van der Waals surface area contributed by atoms with E-state index in [0.717, 1.165) is 0 Å². The standard InChI is InChI=1S/C8H15F3N2O/c1-5(2)3-14-4-6(7(12)13)8(9,10)11/h5-6H,3-4H2,1-2H3,(H3,12,13). The Morgan fingerprint density at radius 3 is 2.14 bits per heavy atom. The molecular formula is C8H15F3N2O. The van der Waals surface area contributed by atoms with E-state index in [9.17, 15) is 13.2 Å². The van der Waals surface area contributed by atoms with Gasteiger partial charge in [0.1, 0.15) is 11.8 Å². The van der Waals surface area contributed by atoms with E-state index in [4.69, 9.17) is 15.9 Å². The second-order valence-electron chi connectivity index (χ2n) is 3.48. The van der Waals surface area contributed by atoms with E-state index in [1.807, 2.05) is 13.8 Å². The molecule has 0 aliphatic rings. The van der Waals surface area contributed by atoms with Crippen LogP contribution in [0.3, 0.4) is 0 Å². The summed E-state index contributed by atoms with van der Waals surface area (Å²) in [7, 11) is 0. The molecule has 1 atom stereocenters. The monoisotopic (exact) mass is 212 g/mol. The fourth-order valence-electron chi connectivity index (χ4n) is 0.782. The minimum Gasteiger partial charge on any atom is -0.387 e. The van der Waals surface area contributed by atoms with Crippen LogP contribution in [0.2, 0.25) is 0 Å². The molecule has 0 radical (unpaired) electrons. The maximum Gasteiger partial charge on any atom is 0.400 e. The van der Waals surface area contributed by atoms with Gasteiger partial charge in [0.2, 0.25) is 0 Å². The molecule has 0 spiro atoms. The predicted molar refractivity (Wildman–Crippen MR) is 47.1 cm³/mol. The number of nitrogens with one attached hydrogen (secondary N) is 1. The number of nitrogens with two attached hydrogens (primary N) is 1. The molecule has 0 aromatic carbocycles. The maximum atomic E-state index is 12.2. The number of hydrogen-bond acceptors (Lipinski definition) is 2. The molecule has 0 aromatic rings. The Bertz CT molecular complexity index is 192. The highest BCUT2D eigenvalue weighted by Gasteiger charge is 2.42. The van der Waals surface area contributed by atoms with E-state index in [-0.39, 0.29) is 12.5 Å². The summed E-state index contributed by atoms with van der Waals surface area (Å²) in [5, 5.41) is 6.77. The molecule has 0 rings (SSSR count). The van der Waals surface area contributed by atoms with Crippen LogP contribution in [-0.4, -0.2) is 25.2 Å². The molecule has 0 aliphatic carbocycles. The lowest BCUT2D eigenvalue weighted by Crippen LogP contribution is -2.38. The summed E-state index contributed by atoms with van der Waals surface area (Å²) < 4.78 is 41.4. The summed E-state index contributed by atoms with van der Waals surface area (Å²) in [6, 6.07) is 0. The Morgan fingerprint density at radius 2 is 1.86 bits per heavy atom. The third kappa shape index (κ3) is 5.06. The van der Waals surface area contributed by atoms with E-state index in [0.29, 0.717) is 0 Å². The lowest BCUT2D eigenvalue weighted by atomic mass is 10.1. The van der Waals surface area contributed by atoms with Crippen LogP contribution in [0.5, 0.6) is 0 Å². The number of rotatable bonds is 5. The van der Waals surface area contributed by atoms with Gasteiger partial charge in [-0.2, -0.15) is 13.2 Å². The molecule has 0 saturated carbocycles. The molecule has 3 N–H and O–H groups in total. The molecule has 0 aliphatic heterocycles. The summed E-state index contributed by atoms with van der Waals surface area (Å²) in [5.74, 6) is -2.72. The van der Waals surface area contributed by atoms with Crippen molar-refractivity contribution in [1.82, 2.24) is 0 Å². The van der Waals surface area contributed by atoms with E-state index in [1.54, 1.807) is 0 Å². The van der Waals surface area contributed by atoms with Crippen LogP contribution in [0.4, 0.5) is 13.2 Å². The summed E-state index contributed by atoms with van der Waals surface area (Å²) in [5.41, 5.74) is 4.82. The Morgan fingerprint density at radius 1 is 1.36 bits per heavy atom. The first-order valence-corrected chi connectivity index (χ1v) is 4.23. The molecule has 14 heavy (non-hydrogen) atoms. The van der Waals surface area contributed by atoms with Crippen molar-refractivity contribution in [3.8, 4) is 0 Å². The van der Waals surface area contributed by atoms with Crippen molar-refractivity contribution < 1.29 is 17.9 Å². The van der Waals surface area contributed by atoms with Crippen molar-refractivity contribution >= 4 is 5.84 Å². The maximum absolute atomic E-state index is 12.2. The van der Waals surface area contributed by atoms with Crippen LogP contribution < -0.4 is 5.73 Å². The highest BCUT2D eigenvalue weighted by atomic mass is 19.4. The number of alkyl halides is 3. The van der Waals surface area contributed by atoms with Gasteiger partial charge < -0.3 is 10.5 Å².